The van der Waals surface area contributed by atoms with Crippen molar-refractivity contribution < 1.29 is 9.53 Å². The summed E-state index contributed by atoms with van der Waals surface area (Å²) in [6, 6.07) is 5.41. The molecule has 1 aliphatic heterocycles. The highest BCUT2D eigenvalue weighted by Crippen LogP contribution is 2.25. The lowest BCUT2D eigenvalue weighted by Crippen LogP contribution is -2.31. The Kier molecular flexibility index (Phi) is 4.49. The molecule has 1 heterocycles. The summed E-state index contributed by atoms with van der Waals surface area (Å²) in [7, 11) is 5.48. The summed E-state index contributed by atoms with van der Waals surface area (Å²) in [6.45, 7) is 1.61. The predicted octanol–water partition coefficient (Wildman–Crippen LogP) is 1.59. The molecule has 1 atom stereocenters. The first kappa shape index (κ1) is 14.7. The third kappa shape index (κ3) is 3.22. The van der Waals surface area contributed by atoms with Crippen molar-refractivity contribution in [3.8, 4) is 0 Å². The van der Waals surface area contributed by atoms with Crippen LogP contribution in [0.4, 0.5) is 11.4 Å². The Hall–Kier alpha value is -1.75. The van der Waals surface area contributed by atoms with Crippen molar-refractivity contribution in [3.63, 3.8) is 0 Å². The van der Waals surface area contributed by atoms with Gasteiger partial charge in [0.1, 0.15) is 0 Å². The molecule has 1 aliphatic rings. The van der Waals surface area contributed by atoms with Gasteiger partial charge in [-0.1, -0.05) is 0 Å². The van der Waals surface area contributed by atoms with Crippen LogP contribution in [-0.2, 0) is 4.74 Å². The molecule has 2 N–H and O–H groups in total. The van der Waals surface area contributed by atoms with Crippen LogP contribution in [0.1, 0.15) is 23.2 Å². The molecule has 5 nitrogen and oxygen atoms in total. The molecular formula is C15H23N3O2. The van der Waals surface area contributed by atoms with Gasteiger partial charge >= 0.3 is 0 Å². The van der Waals surface area contributed by atoms with E-state index in [9.17, 15) is 4.79 Å². The maximum Gasteiger partial charge on any atom is 0.255 e. The molecule has 1 unspecified atom stereocenters. The van der Waals surface area contributed by atoms with Gasteiger partial charge in [0.05, 0.1) is 17.4 Å². The maximum absolute atomic E-state index is 12.2. The van der Waals surface area contributed by atoms with Gasteiger partial charge in [0, 0.05) is 40.0 Å². The molecule has 2 rings (SSSR count). The van der Waals surface area contributed by atoms with E-state index >= 15 is 0 Å². The Morgan fingerprint density at radius 3 is 2.75 bits per heavy atom. The number of likely N-dealkylation sites (N-methyl/N-ethyl adjacent to an activating group) is 1. The first-order chi connectivity index (χ1) is 9.49. The fraction of sp³-hybridized carbons (Fsp3) is 0.533. The van der Waals surface area contributed by atoms with Crippen LogP contribution in [0.15, 0.2) is 18.2 Å². The fourth-order valence-corrected chi connectivity index (χ4v) is 2.48. The van der Waals surface area contributed by atoms with E-state index < -0.39 is 0 Å². The molecule has 0 saturated carbocycles. The van der Waals surface area contributed by atoms with Crippen molar-refractivity contribution in [2.75, 3.05) is 44.9 Å². The molecule has 1 fully saturated rings. The Bertz CT molecular complexity index is 482. The largest absolute Gasteiger partial charge is 0.399 e. The highest BCUT2D eigenvalue weighted by molar-refractivity contribution is 6.00. The zero-order chi connectivity index (χ0) is 14.7. The molecule has 0 radical (unpaired) electrons. The fourth-order valence-electron chi connectivity index (χ4n) is 2.48. The van der Waals surface area contributed by atoms with Crippen molar-refractivity contribution in [1.82, 2.24) is 4.90 Å². The number of carbonyl (C=O) groups is 1. The van der Waals surface area contributed by atoms with E-state index in [1.807, 2.05) is 13.1 Å². The summed E-state index contributed by atoms with van der Waals surface area (Å²) in [6.07, 6.45) is 2.42. The number of hydrogen-bond donors (Lipinski definition) is 1. The van der Waals surface area contributed by atoms with Crippen LogP contribution >= 0.6 is 0 Å². The van der Waals surface area contributed by atoms with Crippen LogP contribution in [0.25, 0.3) is 0 Å². The predicted molar refractivity (Wildman–Crippen MR) is 81.1 cm³/mol. The standard InChI is InChI=1S/C15H23N3O2/c1-17(2)15(19)13-7-6-11(16)9-14(13)18(3)10-12-5-4-8-20-12/h6-7,9,12H,4-5,8,10,16H2,1-3H3. The monoisotopic (exact) mass is 277 g/mol. The van der Waals surface area contributed by atoms with Crippen molar-refractivity contribution in [3.05, 3.63) is 23.8 Å². The topological polar surface area (TPSA) is 58.8 Å². The SMILES string of the molecule is CN(C)C(=O)c1ccc(N)cc1N(C)CC1CCCO1. The number of nitrogen functional groups attached to an aromatic ring is 1. The molecule has 1 amide bonds. The lowest BCUT2D eigenvalue weighted by molar-refractivity contribution is 0.0827. The molecule has 1 aromatic carbocycles. The number of nitrogens with zero attached hydrogens (tertiary/aromatic N) is 2. The highest BCUT2D eigenvalue weighted by atomic mass is 16.5. The minimum Gasteiger partial charge on any atom is -0.399 e. The van der Waals surface area contributed by atoms with E-state index in [4.69, 9.17) is 10.5 Å². The molecule has 0 aliphatic carbocycles. The number of rotatable bonds is 4. The summed E-state index contributed by atoms with van der Waals surface area (Å²) in [5.41, 5.74) is 8.06. The van der Waals surface area contributed by atoms with Crippen LogP contribution in [0.3, 0.4) is 0 Å². The molecule has 1 saturated heterocycles. The van der Waals surface area contributed by atoms with Gasteiger partial charge in [0.2, 0.25) is 0 Å². The Morgan fingerprint density at radius 1 is 1.40 bits per heavy atom. The van der Waals surface area contributed by atoms with Crippen molar-refractivity contribution >= 4 is 17.3 Å². The third-order valence-electron chi connectivity index (χ3n) is 3.57. The summed E-state index contributed by atoms with van der Waals surface area (Å²) in [5.74, 6) is -0.0146. The van der Waals surface area contributed by atoms with Gasteiger partial charge in [0.15, 0.2) is 0 Å². The van der Waals surface area contributed by atoms with Gasteiger partial charge in [-0.05, 0) is 31.0 Å². The lowest BCUT2D eigenvalue weighted by Gasteiger charge is -2.26. The zero-order valence-corrected chi connectivity index (χ0v) is 12.4. The first-order valence-corrected chi connectivity index (χ1v) is 6.93. The summed E-state index contributed by atoms with van der Waals surface area (Å²) >= 11 is 0. The second-order valence-electron chi connectivity index (χ2n) is 5.49. The maximum atomic E-state index is 12.2. The molecule has 5 heteroatoms. The summed E-state index contributed by atoms with van der Waals surface area (Å²) < 4.78 is 5.65. The average Bonchev–Trinajstić information content (AvgIpc) is 2.90. The second-order valence-corrected chi connectivity index (χ2v) is 5.49. The van der Waals surface area contributed by atoms with E-state index in [2.05, 4.69) is 4.90 Å². The molecule has 1 aromatic rings. The molecule has 0 spiro atoms. The number of ether oxygens (including phenoxy) is 1. The smallest absolute Gasteiger partial charge is 0.255 e. The molecule has 110 valence electrons. The number of amides is 1. The zero-order valence-electron chi connectivity index (χ0n) is 12.4. The Morgan fingerprint density at radius 2 is 2.15 bits per heavy atom. The van der Waals surface area contributed by atoms with E-state index in [1.165, 1.54) is 0 Å². The summed E-state index contributed by atoms with van der Waals surface area (Å²) in [4.78, 5) is 15.9. The minimum absolute atomic E-state index is 0.0146. The van der Waals surface area contributed by atoms with Crippen molar-refractivity contribution in [2.45, 2.75) is 18.9 Å². The van der Waals surface area contributed by atoms with Gasteiger partial charge in [-0.2, -0.15) is 0 Å². The summed E-state index contributed by atoms with van der Waals surface area (Å²) in [5, 5.41) is 0. The Labute approximate surface area is 120 Å². The van der Waals surface area contributed by atoms with Gasteiger partial charge in [0.25, 0.3) is 5.91 Å². The van der Waals surface area contributed by atoms with Gasteiger partial charge < -0.3 is 20.3 Å². The first-order valence-electron chi connectivity index (χ1n) is 6.93. The molecule has 0 aromatic heterocycles. The van der Waals surface area contributed by atoms with E-state index in [1.54, 1.807) is 31.1 Å². The van der Waals surface area contributed by atoms with Crippen LogP contribution in [0, 0.1) is 0 Å². The number of anilines is 2. The van der Waals surface area contributed by atoms with Crippen LogP contribution in [0.2, 0.25) is 0 Å². The molecule has 20 heavy (non-hydrogen) atoms. The second kappa shape index (κ2) is 6.13. The Balaban J connectivity index is 2.23. The molecule has 0 bridgehead atoms. The number of benzene rings is 1. The van der Waals surface area contributed by atoms with E-state index in [-0.39, 0.29) is 12.0 Å². The van der Waals surface area contributed by atoms with E-state index in [0.29, 0.717) is 11.3 Å². The van der Waals surface area contributed by atoms with Crippen molar-refractivity contribution in [2.24, 2.45) is 0 Å². The van der Waals surface area contributed by atoms with Crippen LogP contribution < -0.4 is 10.6 Å². The third-order valence-corrected chi connectivity index (χ3v) is 3.57. The normalized spacial score (nSPS) is 18.1. The van der Waals surface area contributed by atoms with Crippen molar-refractivity contribution in [1.29, 1.82) is 0 Å². The number of carbonyl (C=O) groups excluding carboxylic acids is 1. The lowest BCUT2D eigenvalue weighted by atomic mass is 10.1. The van der Waals surface area contributed by atoms with E-state index in [0.717, 1.165) is 31.7 Å². The number of hydrogen-bond acceptors (Lipinski definition) is 4. The van der Waals surface area contributed by atoms with Gasteiger partial charge in [-0.15, -0.1) is 0 Å². The quantitative estimate of drug-likeness (QED) is 0.849. The van der Waals surface area contributed by atoms with Crippen LogP contribution in [0.5, 0.6) is 0 Å². The highest BCUT2D eigenvalue weighted by Gasteiger charge is 2.21. The molecular weight excluding hydrogens is 254 g/mol. The minimum atomic E-state index is -0.0146. The van der Waals surface area contributed by atoms with Gasteiger partial charge in [-0.25, -0.2) is 0 Å². The van der Waals surface area contributed by atoms with Crippen LogP contribution in [-0.4, -0.2) is 51.2 Å². The number of nitrogens with two attached hydrogens (primary N) is 1. The van der Waals surface area contributed by atoms with Gasteiger partial charge in [-0.3, -0.25) is 4.79 Å². The average molecular weight is 277 g/mol.